The molecule has 3 aromatic carbocycles. The van der Waals surface area contributed by atoms with Gasteiger partial charge in [0.1, 0.15) is 17.5 Å². The standard InChI is InChI=1S/C27H29N3O5S/c1-18-6-15-25(19(2)17-18)29-26(31)28-23-11-7-21(8-12-23)22-9-13-24(14-10-22)36(34,35)30(27(32)33)16-4-5-20(30)3/h6-15,17,20H,4-5,16H2,1-3H3,(H2-,28,29,31,32,33)/p+1/t20-,30?/m1/s1. The highest BCUT2D eigenvalue weighted by molar-refractivity contribution is 7.86. The highest BCUT2D eigenvalue weighted by atomic mass is 32.2. The molecule has 9 heteroatoms. The number of likely N-dealkylation sites (tertiary alicyclic amines) is 1. The maximum atomic E-state index is 13.3. The van der Waals surface area contributed by atoms with E-state index >= 15 is 0 Å². The van der Waals surface area contributed by atoms with Gasteiger partial charge in [-0.1, -0.05) is 42.0 Å². The minimum Gasteiger partial charge on any atom is -0.435 e. The SMILES string of the molecule is Cc1ccc(NC(=O)Nc2ccc(-c3ccc(S(=O)(=O)[N+]4(C(=O)O)CCC[C@H]4C)cc3)cc2)c(C)c1. The fourth-order valence-corrected chi connectivity index (χ4v) is 6.80. The second-order valence-corrected chi connectivity index (χ2v) is 11.3. The van der Waals surface area contributed by atoms with Gasteiger partial charge < -0.3 is 15.7 Å². The maximum Gasteiger partial charge on any atom is 0.529 e. The number of hydrogen-bond donors (Lipinski definition) is 3. The van der Waals surface area contributed by atoms with Crippen molar-refractivity contribution in [3.8, 4) is 11.1 Å². The van der Waals surface area contributed by atoms with Crippen LogP contribution in [-0.2, 0) is 10.0 Å². The van der Waals surface area contributed by atoms with Crippen molar-refractivity contribution in [2.45, 2.75) is 44.6 Å². The summed E-state index contributed by atoms with van der Waals surface area (Å²) in [4.78, 5) is 24.4. The Balaban J connectivity index is 1.47. The number of aryl methyl sites for hydroxylation is 2. The van der Waals surface area contributed by atoms with Crippen LogP contribution in [0.4, 0.5) is 21.0 Å². The molecule has 2 atom stereocenters. The van der Waals surface area contributed by atoms with Gasteiger partial charge >= 0.3 is 22.1 Å². The summed E-state index contributed by atoms with van der Waals surface area (Å²) in [6, 6.07) is 18.4. The number of quaternary nitrogens is 1. The van der Waals surface area contributed by atoms with Crippen LogP contribution in [0.25, 0.3) is 11.1 Å². The molecular weight excluding hydrogens is 478 g/mol. The summed E-state index contributed by atoms with van der Waals surface area (Å²) in [7, 11) is -4.12. The first-order chi connectivity index (χ1) is 17.0. The van der Waals surface area contributed by atoms with Gasteiger partial charge in [-0.15, -0.1) is 3.89 Å². The number of hydrogen-bond acceptors (Lipinski definition) is 4. The van der Waals surface area contributed by atoms with E-state index in [4.69, 9.17) is 0 Å². The molecule has 1 fully saturated rings. The van der Waals surface area contributed by atoms with E-state index in [0.717, 1.165) is 27.9 Å². The van der Waals surface area contributed by atoms with Crippen LogP contribution in [0.3, 0.4) is 0 Å². The lowest BCUT2D eigenvalue weighted by Crippen LogP contribution is -2.58. The lowest BCUT2D eigenvalue weighted by molar-refractivity contribution is -0.741. The Kier molecular flexibility index (Phi) is 6.88. The first kappa shape index (κ1) is 25.4. The van der Waals surface area contributed by atoms with Crippen molar-refractivity contribution in [2.75, 3.05) is 17.2 Å². The first-order valence-corrected chi connectivity index (χ1v) is 13.2. The maximum absolute atomic E-state index is 13.3. The zero-order valence-electron chi connectivity index (χ0n) is 20.5. The van der Waals surface area contributed by atoms with Gasteiger partial charge in [-0.2, -0.15) is 13.2 Å². The van der Waals surface area contributed by atoms with Gasteiger partial charge in [0.2, 0.25) is 0 Å². The molecular formula is C27H30N3O5S+. The Morgan fingerprint density at radius 2 is 1.53 bits per heavy atom. The summed E-state index contributed by atoms with van der Waals surface area (Å²) in [6.07, 6.45) is -0.241. The number of rotatable bonds is 5. The number of nitrogens with zero attached hydrogens (tertiary/aromatic N) is 1. The van der Waals surface area contributed by atoms with E-state index in [1.165, 1.54) is 12.1 Å². The minimum absolute atomic E-state index is 0.0104. The highest BCUT2D eigenvalue weighted by Gasteiger charge is 2.57. The Morgan fingerprint density at radius 3 is 2.06 bits per heavy atom. The van der Waals surface area contributed by atoms with E-state index < -0.39 is 26.0 Å². The lowest BCUT2D eigenvalue weighted by Gasteiger charge is -2.30. The third-order valence-corrected chi connectivity index (χ3v) is 9.26. The molecule has 1 aliphatic rings. The van der Waals surface area contributed by atoms with Crippen molar-refractivity contribution >= 4 is 33.5 Å². The molecule has 1 unspecified atom stereocenters. The molecule has 1 saturated heterocycles. The van der Waals surface area contributed by atoms with Gasteiger partial charge in [0, 0.05) is 24.2 Å². The van der Waals surface area contributed by atoms with Crippen molar-refractivity contribution in [2.24, 2.45) is 0 Å². The monoisotopic (exact) mass is 508 g/mol. The van der Waals surface area contributed by atoms with E-state index in [-0.39, 0.29) is 17.5 Å². The number of amides is 3. The van der Waals surface area contributed by atoms with Crippen LogP contribution in [0.5, 0.6) is 0 Å². The molecule has 3 N–H and O–H groups in total. The zero-order valence-corrected chi connectivity index (χ0v) is 21.3. The molecule has 3 amide bonds. The quantitative estimate of drug-likeness (QED) is 0.367. The van der Waals surface area contributed by atoms with Crippen molar-refractivity contribution in [1.29, 1.82) is 0 Å². The second kappa shape index (κ2) is 9.75. The number of carbonyl (C=O) groups is 2. The second-order valence-electron chi connectivity index (χ2n) is 9.27. The predicted octanol–water partition coefficient (Wildman–Crippen LogP) is 5.98. The Bertz CT molecular complexity index is 1400. The topological polar surface area (TPSA) is 113 Å². The van der Waals surface area contributed by atoms with Crippen LogP contribution in [0.1, 0.15) is 30.9 Å². The van der Waals surface area contributed by atoms with Crippen LogP contribution >= 0.6 is 0 Å². The van der Waals surface area contributed by atoms with E-state index in [9.17, 15) is 23.1 Å². The largest absolute Gasteiger partial charge is 0.529 e. The molecule has 0 saturated carbocycles. The highest BCUT2D eigenvalue weighted by Crippen LogP contribution is 2.36. The lowest BCUT2D eigenvalue weighted by atomic mass is 10.1. The number of carbonyl (C=O) groups excluding carboxylic acids is 1. The van der Waals surface area contributed by atoms with Gasteiger partial charge in [-0.3, -0.25) is 0 Å². The number of urea groups is 1. The van der Waals surface area contributed by atoms with Crippen molar-refractivity contribution in [1.82, 2.24) is 0 Å². The zero-order chi connectivity index (χ0) is 26.1. The average Bonchev–Trinajstić information content (AvgIpc) is 3.24. The van der Waals surface area contributed by atoms with E-state index in [1.807, 2.05) is 44.2 Å². The minimum atomic E-state index is -4.12. The van der Waals surface area contributed by atoms with Crippen LogP contribution in [0, 0.1) is 13.8 Å². The molecule has 8 nitrogen and oxygen atoms in total. The van der Waals surface area contributed by atoms with E-state index in [1.54, 1.807) is 31.2 Å². The normalized spacial score (nSPS) is 19.6. The van der Waals surface area contributed by atoms with Gasteiger partial charge in [-0.05, 0) is 67.8 Å². The molecule has 0 radical (unpaired) electrons. The molecule has 0 spiro atoms. The average molecular weight is 509 g/mol. The number of sulfonamides is 1. The molecule has 1 heterocycles. The predicted molar refractivity (Wildman–Crippen MR) is 139 cm³/mol. The number of anilines is 2. The van der Waals surface area contributed by atoms with Gasteiger partial charge in [0.05, 0.1) is 0 Å². The Labute approximate surface area is 211 Å². The molecule has 188 valence electrons. The summed E-state index contributed by atoms with van der Waals surface area (Å²) in [5.41, 5.74) is 5.04. The van der Waals surface area contributed by atoms with E-state index in [2.05, 4.69) is 10.6 Å². The Hall–Kier alpha value is -3.69. The summed E-state index contributed by atoms with van der Waals surface area (Å²) in [6.45, 7) is 5.66. The smallest absolute Gasteiger partial charge is 0.435 e. The van der Waals surface area contributed by atoms with E-state index in [0.29, 0.717) is 18.5 Å². The van der Waals surface area contributed by atoms with Crippen molar-refractivity contribution in [3.05, 3.63) is 77.9 Å². The fourth-order valence-electron chi connectivity index (χ4n) is 4.79. The third kappa shape index (κ3) is 4.59. The van der Waals surface area contributed by atoms with Crippen LogP contribution in [0.2, 0.25) is 0 Å². The van der Waals surface area contributed by atoms with Crippen molar-refractivity contribution in [3.63, 3.8) is 0 Å². The summed E-state index contributed by atoms with van der Waals surface area (Å²) >= 11 is 0. The van der Waals surface area contributed by atoms with Crippen LogP contribution < -0.4 is 10.6 Å². The van der Waals surface area contributed by atoms with Gasteiger partial charge in [0.15, 0.2) is 0 Å². The molecule has 0 bridgehead atoms. The summed E-state index contributed by atoms with van der Waals surface area (Å²) < 4.78 is 25.7. The van der Waals surface area contributed by atoms with Crippen LogP contribution in [0.15, 0.2) is 71.6 Å². The number of carboxylic acid groups (broad SMARTS) is 1. The number of benzene rings is 3. The fraction of sp³-hybridized carbons (Fsp3) is 0.259. The third-order valence-electron chi connectivity index (χ3n) is 6.84. The first-order valence-electron chi connectivity index (χ1n) is 11.8. The molecule has 3 aromatic rings. The molecule has 1 aliphatic heterocycles. The van der Waals surface area contributed by atoms with Crippen LogP contribution in [-0.4, -0.2) is 42.1 Å². The number of nitrogens with one attached hydrogen (secondary N) is 2. The molecule has 4 rings (SSSR count). The van der Waals surface area contributed by atoms with Gasteiger partial charge in [-0.25, -0.2) is 4.79 Å². The Morgan fingerprint density at radius 1 is 0.917 bits per heavy atom. The van der Waals surface area contributed by atoms with Crippen molar-refractivity contribution < 1.29 is 27.0 Å². The molecule has 36 heavy (non-hydrogen) atoms. The molecule has 0 aliphatic carbocycles. The van der Waals surface area contributed by atoms with Gasteiger partial charge in [0.25, 0.3) is 0 Å². The summed E-state index contributed by atoms with van der Waals surface area (Å²) in [5.74, 6) is 0. The molecule has 0 aromatic heterocycles. The summed E-state index contributed by atoms with van der Waals surface area (Å²) in [5, 5.41) is 15.5.